The van der Waals surface area contributed by atoms with Gasteiger partial charge in [-0.25, -0.2) is 5.48 Å². The van der Waals surface area contributed by atoms with E-state index in [0.717, 1.165) is 25.3 Å². The van der Waals surface area contributed by atoms with Gasteiger partial charge >= 0.3 is 0 Å². The Hall–Kier alpha value is -1.59. The Labute approximate surface area is 112 Å². The second-order valence-electron chi connectivity index (χ2n) is 5.27. The number of fused-ring (bicyclic) bond motifs is 2. The molecule has 2 saturated heterocycles. The summed E-state index contributed by atoms with van der Waals surface area (Å²) >= 11 is 0. The quantitative estimate of drug-likeness (QED) is 0.631. The predicted octanol–water partition coefficient (Wildman–Crippen LogP) is 1.09. The molecule has 0 saturated carbocycles. The predicted molar refractivity (Wildman–Crippen MR) is 72.5 cm³/mol. The maximum absolute atomic E-state index is 11.3. The number of amides is 1. The first-order valence-corrected chi connectivity index (χ1v) is 6.78. The van der Waals surface area contributed by atoms with Crippen LogP contribution in [0.2, 0.25) is 0 Å². The summed E-state index contributed by atoms with van der Waals surface area (Å²) < 4.78 is 0. The Morgan fingerprint density at radius 1 is 1.32 bits per heavy atom. The molecule has 2 fully saturated rings. The molecule has 102 valence electrons. The summed E-state index contributed by atoms with van der Waals surface area (Å²) in [4.78, 5) is 16.2. The fourth-order valence-electron chi connectivity index (χ4n) is 3.32. The van der Waals surface area contributed by atoms with Gasteiger partial charge in [-0.1, -0.05) is 6.92 Å². The van der Waals surface area contributed by atoms with Gasteiger partial charge in [0.25, 0.3) is 5.91 Å². The van der Waals surface area contributed by atoms with Crippen LogP contribution in [0.1, 0.15) is 23.7 Å². The van der Waals surface area contributed by atoms with E-state index < -0.39 is 5.91 Å². The molecule has 0 radical (unpaired) electrons. The van der Waals surface area contributed by atoms with E-state index in [-0.39, 0.29) is 0 Å². The van der Waals surface area contributed by atoms with Crippen LogP contribution in [0.25, 0.3) is 0 Å². The van der Waals surface area contributed by atoms with Gasteiger partial charge < -0.3 is 4.90 Å². The number of likely N-dealkylation sites (N-methyl/N-ethyl adjacent to an activating group) is 1. The number of hydroxylamine groups is 1. The molecule has 0 spiro atoms. The van der Waals surface area contributed by atoms with Crippen molar-refractivity contribution in [3.63, 3.8) is 0 Å². The number of carbonyl (C=O) groups excluding carboxylic acids is 1. The molecule has 5 heteroatoms. The number of nitrogens with one attached hydrogen (secondary N) is 1. The Kier molecular flexibility index (Phi) is 3.16. The van der Waals surface area contributed by atoms with Gasteiger partial charge in [-0.15, -0.1) is 0 Å². The molecular formula is C14H19N3O2. The second kappa shape index (κ2) is 4.83. The molecule has 2 atom stereocenters. The monoisotopic (exact) mass is 261 g/mol. The molecule has 2 aliphatic heterocycles. The maximum Gasteiger partial charge on any atom is 0.274 e. The van der Waals surface area contributed by atoms with Gasteiger partial charge in [-0.2, -0.15) is 0 Å². The van der Waals surface area contributed by atoms with Gasteiger partial charge in [0.05, 0.1) is 0 Å². The highest BCUT2D eigenvalue weighted by molar-refractivity contribution is 5.93. The van der Waals surface area contributed by atoms with Gasteiger partial charge in [-0.3, -0.25) is 14.9 Å². The van der Waals surface area contributed by atoms with Crippen LogP contribution in [0.15, 0.2) is 24.3 Å². The van der Waals surface area contributed by atoms with E-state index >= 15 is 0 Å². The summed E-state index contributed by atoms with van der Waals surface area (Å²) in [5.74, 6) is -0.466. The van der Waals surface area contributed by atoms with Gasteiger partial charge in [-0.05, 0) is 37.2 Å². The first-order chi connectivity index (χ1) is 9.22. The summed E-state index contributed by atoms with van der Waals surface area (Å²) in [5.41, 5.74) is 3.29. The number of anilines is 1. The molecular weight excluding hydrogens is 242 g/mol. The molecule has 1 aromatic rings. The van der Waals surface area contributed by atoms with Crippen LogP contribution < -0.4 is 10.4 Å². The van der Waals surface area contributed by atoms with E-state index in [0.29, 0.717) is 17.6 Å². The lowest BCUT2D eigenvalue weighted by molar-refractivity contribution is 0.0706. The minimum Gasteiger partial charge on any atom is -0.366 e. The van der Waals surface area contributed by atoms with E-state index in [1.807, 2.05) is 12.1 Å². The molecule has 2 heterocycles. The van der Waals surface area contributed by atoms with Crippen LogP contribution in [0.3, 0.4) is 0 Å². The van der Waals surface area contributed by atoms with Crippen LogP contribution in [0, 0.1) is 0 Å². The summed E-state index contributed by atoms with van der Waals surface area (Å²) in [7, 11) is 0. The average Bonchev–Trinajstić information content (AvgIpc) is 3.06. The summed E-state index contributed by atoms with van der Waals surface area (Å²) in [6, 6.07) is 8.70. The average molecular weight is 261 g/mol. The summed E-state index contributed by atoms with van der Waals surface area (Å²) in [6.45, 7) is 5.56. The third kappa shape index (κ3) is 2.09. The van der Waals surface area contributed by atoms with Crippen LogP contribution in [0.5, 0.6) is 0 Å². The standard InChI is InChI=1S/C14H19N3O2/c1-2-16-8-13-7-12(16)9-17(13)11-5-3-10(4-6-11)14(18)15-19/h3-6,12-13,19H,2,7-9H2,1H3,(H,15,18)/t12-,13-/m1/s1. The van der Waals surface area contributed by atoms with Crippen molar-refractivity contribution in [1.82, 2.24) is 10.4 Å². The first-order valence-electron chi connectivity index (χ1n) is 6.78. The number of hydrogen-bond donors (Lipinski definition) is 2. The number of carbonyl (C=O) groups is 1. The lowest BCUT2D eigenvalue weighted by Crippen LogP contribution is -2.46. The zero-order valence-corrected chi connectivity index (χ0v) is 11.0. The number of benzene rings is 1. The third-order valence-corrected chi connectivity index (χ3v) is 4.32. The maximum atomic E-state index is 11.3. The smallest absolute Gasteiger partial charge is 0.274 e. The molecule has 0 aromatic heterocycles. The number of nitrogens with zero attached hydrogens (tertiary/aromatic N) is 2. The Morgan fingerprint density at radius 2 is 2.05 bits per heavy atom. The molecule has 0 unspecified atom stereocenters. The summed E-state index contributed by atoms with van der Waals surface area (Å²) in [5, 5.41) is 8.60. The SMILES string of the molecule is CCN1C[C@H]2C[C@@H]1CN2c1ccc(C(=O)NO)cc1. The highest BCUT2D eigenvalue weighted by Crippen LogP contribution is 2.34. The van der Waals surface area contributed by atoms with Gasteiger partial charge in [0.1, 0.15) is 0 Å². The summed E-state index contributed by atoms with van der Waals surface area (Å²) in [6.07, 6.45) is 1.24. The fraction of sp³-hybridized carbons (Fsp3) is 0.500. The molecule has 0 aliphatic carbocycles. The molecule has 5 nitrogen and oxygen atoms in total. The Balaban J connectivity index is 1.73. The zero-order chi connectivity index (χ0) is 13.4. The highest BCUT2D eigenvalue weighted by Gasteiger charge is 2.42. The van der Waals surface area contributed by atoms with Crippen molar-refractivity contribution in [2.45, 2.75) is 25.4 Å². The van der Waals surface area contributed by atoms with E-state index in [1.165, 1.54) is 6.42 Å². The van der Waals surface area contributed by atoms with Crippen molar-refractivity contribution in [2.75, 3.05) is 24.5 Å². The minimum atomic E-state index is -0.466. The van der Waals surface area contributed by atoms with Crippen LogP contribution >= 0.6 is 0 Å². The molecule has 2 N–H and O–H groups in total. The van der Waals surface area contributed by atoms with Crippen LogP contribution in [-0.4, -0.2) is 47.7 Å². The minimum absolute atomic E-state index is 0.466. The molecule has 2 aliphatic rings. The van der Waals surface area contributed by atoms with Crippen molar-refractivity contribution in [3.8, 4) is 0 Å². The number of rotatable bonds is 3. The van der Waals surface area contributed by atoms with Crippen molar-refractivity contribution in [3.05, 3.63) is 29.8 Å². The van der Waals surface area contributed by atoms with Crippen molar-refractivity contribution in [1.29, 1.82) is 0 Å². The van der Waals surface area contributed by atoms with Crippen LogP contribution in [0.4, 0.5) is 5.69 Å². The Morgan fingerprint density at radius 3 is 2.58 bits per heavy atom. The zero-order valence-electron chi connectivity index (χ0n) is 11.0. The fourth-order valence-corrected chi connectivity index (χ4v) is 3.32. The molecule has 1 aromatic carbocycles. The van der Waals surface area contributed by atoms with Crippen molar-refractivity contribution < 1.29 is 10.0 Å². The number of hydrogen-bond acceptors (Lipinski definition) is 4. The van der Waals surface area contributed by atoms with E-state index in [9.17, 15) is 4.79 Å². The van der Waals surface area contributed by atoms with E-state index in [2.05, 4.69) is 16.7 Å². The van der Waals surface area contributed by atoms with Gasteiger partial charge in [0, 0.05) is 36.4 Å². The molecule has 19 heavy (non-hydrogen) atoms. The Bertz CT molecular complexity index is 474. The molecule has 1 amide bonds. The lowest BCUT2D eigenvalue weighted by Gasteiger charge is -2.35. The topological polar surface area (TPSA) is 55.8 Å². The van der Waals surface area contributed by atoms with Gasteiger partial charge in [0.15, 0.2) is 0 Å². The van der Waals surface area contributed by atoms with Crippen LogP contribution in [-0.2, 0) is 0 Å². The second-order valence-corrected chi connectivity index (χ2v) is 5.27. The normalized spacial score (nSPS) is 25.9. The molecule has 2 bridgehead atoms. The van der Waals surface area contributed by atoms with Crippen molar-refractivity contribution in [2.24, 2.45) is 0 Å². The lowest BCUT2D eigenvalue weighted by atomic mass is 10.1. The molecule has 3 rings (SSSR count). The first kappa shape index (κ1) is 12.4. The third-order valence-electron chi connectivity index (χ3n) is 4.32. The number of piperazine rings is 1. The van der Waals surface area contributed by atoms with E-state index in [4.69, 9.17) is 5.21 Å². The number of likely N-dealkylation sites (tertiary alicyclic amines) is 1. The van der Waals surface area contributed by atoms with Gasteiger partial charge in [0.2, 0.25) is 0 Å². The van der Waals surface area contributed by atoms with Crippen molar-refractivity contribution >= 4 is 11.6 Å². The van der Waals surface area contributed by atoms with E-state index in [1.54, 1.807) is 17.6 Å². The highest BCUT2D eigenvalue weighted by atomic mass is 16.5. The largest absolute Gasteiger partial charge is 0.366 e.